The molecule has 0 fully saturated rings. The molecule has 0 bridgehead atoms. The first-order valence-corrected chi connectivity index (χ1v) is 7.93. The van der Waals surface area contributed by atoms with Gasteiger partial charge >= 0.3 is 0 Å². The van der Waals surface area contributed by atoms with Crippen LogP contribution in [0, 0.1) is 24.0 Å². The molecule has 1 N–H and O–H groups in total. The minimum atomic E-state index is -0.492. The van der Waals surface area contributed by atoms with Gasteiger partial charge in [0, 0.05) is 23.7 Å². The Morgan fingerprint density at radius 2 is 2.21 bits per heavy atom. The molecule has 24 heavy (non-hydrogen) atoms. The Morgan fingerprint density at radius 3 is 2.83 bits per heavy atom. The number of hydrogen-bond acceptors (Lipinski definition) is 5. The van der Waals surface area contributed by atoms with Crippen molar-refractivity contribution in [3.8, 4) is 0 Å². The summed E-state index contributed by atoms with van der Waals surface area (Å²) in [4.78, 5) is 22.1. The lowest BCUT2D eigenvalue weighted by Gasteiger charge is -2.03. The summed E-state index contributed by atoms with van der Waals surface area (Å²) >= 11 is 3.11. The van der Waals surface area contributed by atoms with E-state index in [4.69, 9.17) is 0 Å². The van der Waals surface area contributed by atoms with Crippen LogP contribution in [0.4, 0.5) is 5.69 Å². The van der Waals surface area contributed by atoms with Gasteiger partial charge in [0.25, 0.3) is 5.69 Å². The molecule has 1 heterocycles. The smallest absolute Gasteiger partial charge is 0.273 e. The van der Waals surface area contributed by atoms with E-state index in [9.17, 15) is 14.9 Å². The van der Waals surface area contributed by atoms with Crippen molar-refractivity contribution < 1.29 is 9.72 Å². The topological polar surface area (TPSA) is 102 Å². The molecule has 0 radical (unpaired) electrons. The molecule has 2 aromatic rings. The molecule has 8 nitrogen and oxygen atoms in total. The van der Waals surface area contributed by atoms with Gasteiger partial charge < -0.3 is 0 Å². The predicted octanol–water partition coefficient (Wildman–Crippen LogP) is 2.71. The third-order valence-corrected chi connectivity index (χ3v) is 3.89. The Balaban J connectivity index is 1.89. The van der Waals surface area contributed by atoms with Crippen LogP contribution in [-0.4, -0.2) is 26.8 Å². The van der Waals surface area contributed by atoms with Crippen molar-refractivity contribution in [2.24, 2.45) is 5.10 Å². The second kappa shape index (κ2) is 7.82. The van der Waals surface area contributed by atoms with E-state index in [0.29, 0.717) is 16.6 Å². The monoisotopic (exact) mass is 393 g/mol. The molecule has 1 aromatic heterocycles. The van der Waals surface area contributed by atoms with E-state index in [-0.39, 0.29) is 18.0 Å². The molecular weight excluding hydrogens is 378 g/mol. The van der Waals surface area contributed by atoms with Crippen LogP contribution in [0.3, 0.4) is 0 Å². The van der Waals surface area contributed by atoms with Crippen LogP contribution in [0.15, 0.2) is 33.8 Å². The molecule has 0 aliphatic carbocycles. The molecule has 0 spiro atoms. The number of benzene rings is 1. The standard InChI is InChI=1S/C15H16BrN5O3/c1-10-7-11(2)20(19-10)6-5-15(22)18-17-9-12-3-4-13(16)14(8-12)21(23)24/h3-4,7-9H,5-6H2,1-2H3,(H,18,22). The van der Waals surface area contributed by atoms with Crippen LogP contribution < -0.4 is 5.43 Å². The lowest BCUT2D eigenvalue weighted by Crippen LogP contribution is -2.20. The van der Waals surface area contributed by atoms with Crippen LogP contribution in [0.2, 0.25) is 0 Å². The summed E-state index contributed by atoms with van der Waals surface area (Å²) in [6, 6.07) is 6.53. The number of amides is 1. The molecule has 0 aliphatic rings. The Morgan fingerprint density at radius 1 is 1.46 bits per heavy atom. The molecule has 2 rings (SSSR count). The Hall–Kier alpha value is -2.55. The summed E-state index contributed by atoms with van der Waals surface area (Å²) in [5.74, 6) is -0.259. The minimum Gasteiger partial charge on any atom is -0.273 e. The second-order valence-corrected chi connectivity index (χ2v) is 6.02. The zero-order valence-electron chi connectivity index (χ0n) is 13.2. The number of hydrazone groups is 1. The van der Waals surface area contributed by atoms with Gasteiger partial charge in [-0.3, -0.25) is 19.6 Å². The number of rotatable bonds is 6. The number of carbonyl (C=O) groups excluding carboxylic acids is 1. The zero-order valence-corrected chi connectivity index (χ0v) is 14.8. The van der Waals surface area contributed by atoms with Crippen LogP contribution in [0.1, 0.15) is 23.4 Å². The summed E-state index contributed by atoms with van der Waals surface area (Å²) in [6.07, 6.45) is 1.60. The minimum absolute atomic E-state index is 0.0604. The van der Waals surface area contributed by atoms with Crippen molar-refractivity contribution in [2.75, 3.05) is 0 Å². The fourth-order valence-electron chi connectivity index (χ4n) is 2.09. The van der Waals surface area contributed by atoms with E-state index >= 15 is 0 Å². The first kappa shape index (κ1) is 17.8. The Bertz CT molecular complexity index is 800. The van der Waals surface area contributed by atoms with Crippen molar-refractivity contribution in [1.82, 2.24) is 15.2 Å². The van der Waals surface area contributed by atoms with Gasteiger partial charge in [0.2, 0.25) is 5.91 Å². The number of aryl methyl sites for hydroxylation is 3. The summed E-state index contributed by atoms with van der Waals surface area (Å²) in [5, 5.41) is 19.0. The molecule has 1 aromatic carbocycles. The molecule has 0 saturated heterocycles. The van der Waals surface area contributed by atoms with Gasteiger partial charge in [-0.05, 0) is 41.9 Å². The van der Waals surface area contributed by atoms with Crippen LogP contribution in [0.5, 0.6) is 0 Å². The summed E-state index contributed by atoms with van der Waals surface area (Å²) in [7, 11) is 0. The maximum atomic E-state index is 11.8. The largest absolute Gasteiger partial charge is 0.284 e. The van der Waals surface area contributed by atoms with E-state index in [0.717, 1.165) is 11.4 Å². The number of aromatic nitrogens is 2. The van der Waals surface area contributed by atoms with E-state index in [2.05, 4.69) is 31.6 Å². The average Bonchev–Trinajstić information content (AvgIpc) is 2.84. The van der Waals surface area contributed by atoms with Gasteiger partial charge in [0.1, 0.15) is 0 Å². The molecule has 1 amide bonds. The fraction of sp³-hybridized carbons (Fsp3) is 0.267. The van der Waals surface area contributed by atoms with Crippen LogP contribution >= 0.6 is 15.9 Å². The summed E-state index contributed by atoms with van der Waals surface area (Å²) < 4.78 is 2.15. The molecule has 126 valence electrons. The van der Waals surface area contributed by atoms with Crippen molar-refractivity contribution >= 4 is 33.7 Å². The highest BCUT2D eigenvalue weighted by Gasteiger charge is 2.11. The van der Waals surface area contributed by atoms with Crippen molar-refractivity contribution in [3.05, 3.63) is 55.8 Å². The van der Waals surface area contributed by atoms with Gasteiger partial charge in [-0.1, -0.05) is 6.07 Å². The third-order valence-electron chi connectivity index (χ3n) is 3.22. The highest BCUT2D eigenvalue weighted by atomic mass is 79.9. The summed E-state index contributed by atoms with van der Waals surface area (Å²) in [5.41, 5.74) is 4.75. The number of hydrogen-bond donors (Lipinski definition) is 1. The number of carbonyl (C=O) groups is 1. The lowest BCUT2D eigenvalue weighted by atomic mass is 10.2. The predicted molar refractivity (Wildman–Crippen MR) is 92.9 cm³/mol. The van der Waals surface area contributed by atoms with E-state index in [1.54, 1.807) is 16.8 Å². The van der Waals surface area contributed by atoms with E-state index < -0.39 is 4.92 Å². The van der Waals surface area contributed by atoms with Gasteiger partial charge in [0.15, 0.2) is 0 Å². The van der Waals surface area contributed by atoms with Gasteiger partial charge in [0.05, 0.1) is 27.8 Å². The average molecular weight is 394 g/mol. The highest BCUT2D eigenvalue weighted by molar-refractivity contribution is 9.10. The molecule has 0 atom stereocenters. The van der Waals surface area contributed by atoms with E-state index in [1.165, 1.54) is 12.3 Å². The first-order chi connectivity index (χ1) is 11.4. The maximum absolute atomic E-state index is 11.8. The molecule has 0 unspecified atom stereocenters. The molecular formula is C15H16BrN5O3. The van der Waals surface area contributed by atoms with E-state index in [1.807, 2.05) is 19.9 Å². The lowest BCUT2D eigenvalue weighted by molar-refractivity contribution is -0.385. The second-order valence-electron chi connectivity index (χ2n) is 5.16. The summed E-state index contributed by atoms with van der Waals surface area (Å²) in [6.45, 7) is 4.28. The van der Waals surface area contributed by atoms with Gasteiger partial charge in [-0.15, -0.1) is 0 Å². The molecule has 0 aliphatic heterocycles. The SMILES string of the molecule is Cc1cc(C)n(CCC(=O)NN=Cc2ccc(Br)c([N+](=O)[O-])c2)n1. The molecule has 9 heteroatoms. The number of nitro benzene ring substituents is 1. The number of halogens is 1. The molecule has 0 saturated carbocycles. The van der Waals surface area contributed by atoms with Gasteiger partial charge in [-0.25, -0.2) is 5.43 Å². The quantitative estimate of drug-likeness (QED) is 0.462. The van der Waals surface area contributed by atoms with Crippen molar-refractivity contribution in [1.29, 1.82) is 0 Å². The Labute approximate surface area is 146 Å². The zero-order chi connectivity index (χ0) is 17.7. The van der Waals surface area contributed by atoms with Crippen LogP contribution in [0.25, 0.3) is 0 Å². The normalized spacial score (nSPS) is 11.0. The Kier molecular flexibility index (Phi) is 5.80. The van der Waals surface area contributed by atoms with Crippen molar-refractivity contribution in [2.45, 2.75) is 26.8 Å². The number of nitrogens with zero attached hydrogens (tertiary/aromatic N) is 4. The number of nitrogens with one attached hydrogen (secondary N) is 1. The highest BCUT2D eigenvalue weighted by Crippen LogP contribution is 2.24. The number of nitro groups is 1. The fourth-order valence-corrected chi connectivity index (χ4v) is 2.48. The third kappa shape index (κ3) is 4.72. The van der Waals surface area contributed by atoms with Crippen molar-refractivity contribution in [3.63, 3.8) is 0 Å². The van der Waals surface area contributed by atoms with Crippen LogP contribution in [-0.2, 0) is 11.3 Å². The van der Waals surface area contributed by atoms with Gasteiger partial charge in [-0.2, -0.15) is 10.2 Å². The maximum Gasteiger partial charge on any atom is 0.284 e. The first-order valence-electron chi connectivity index (χ1n) is 7.13.